The zero-order chi connectivity index (χ0) is 21.8. The second-order valence-corrected chi connectivity index (χ2v) is 6.19. The van der Waals surface area contributed by atoms with Crippen LogP contribution in [0.3, 0.4) is 0 Å². The van der Waals surface area contributed by atoms with Crippen LogP contribution < -0.4 is 10.6 Å². The Morgan fingerprint density at radius 1 is 1.27 bits per heavy atom. The van der Waals surface area contributed by atoms with Crippen LogP contribution in [-0.4, -0.2) is 45.9 Å². The Balaban J connectivity index is 1.69. The van der Waals surface area contributed by atoms with Crippen LogP contribution in [0, 0.1) is 10.1 Å². The molecule has 12 heteroatoms. The largest absolute Gasteiger partial charge is 0.469 e. The number of carbonyl (C=O) groups is 3. The molecule has 12 nitrogen and oxygen atoms in total. The Labute approximate surface area is 169 Å². The summed E-state index contributed by atoms with van der Waals surface area (Å²) in [5, 5.41) is 16.3. The van der Waals surface area contributed by atoms with Crippen LogP contribution in [0.2, 0.25) is 0 Å². The number of nitro benzene ring substituents is 1. The molecule has 0 radical (unpaired) electrons. The van der Waals surface area contributed by atoms with Gasteiger partial charge < -0.3 is 24.4 Å². The molecule has 0 spiro atoms. The molecule has 0 aliphatic heterocycles. The summed E-state index contributed by atoms with van der Waals surface area (Å²) >= 11 is 0. The quantitative estimate of drug-likeness (QED) is 0.334. The van der Waals surface area contributed by atoms with E-state index in [1.807, 2.05) is 0 Å². The number of fused-ring (bicyclic) bond motifs is 1. The minimum absolute atomic E-state index is 0.0144. The molecule has 2 heterocycles. The van der Waals surface area contributed by atoms with Crippen LogP contribution in [-0.2, 0) is 16.6 Å². The van der Waals surface area contributed by atoms with Crippen molar-refractivity contribution in [1.29, 1.82) is 0 Å². The number of methoxy groups -OCH3 is 1. The lowest BCUT2D eigenvalue weighted by atomic mass is 10.2. The number of rotatable bonds is 7. The SMILES string of the molecule is COC(=O)CCNC(=O)c1nc(NC(=O)c2cc3cc([N+](=O)[O-])ccc3o2)cn1C. The molecule has 0 saturated carbocycles. The van der Waals surface area contributed by atoms with Crippen molar-refractivity contribution in [3.05, 3.63) is 52.2 Å². The van der Waals surface area contributed by atoms with Crippen molar-refractivity contribution in [2.24, 2.45) is 7.05 Å². The molecule has 30 heavy (non-hydrogen) atoms. The summed E-state index contributed by atoms with van der Waals surface area (Å²) in [5.41, 5.74) is 0.195. The second-order valence-electron chi connectivity index (χ2n) is 6.19. The molecule has 0 saturated heterocycles. The number of hydrogen-bond donors (Lipinski definition) is 2. The monoisotopic (exact) mass is 415 g/mol. The number of ether oxygens (including phenoxy) is 1. The number of amides is 2. The van der Waals surface area contributed by atoms with Gasteiger partial charge in [-0.05, 0) is 12.1 Å². The van der Waals surface area contributed by atoms with Crippen LogP contribution in [0.4, 0.5) is 11.5 Å². The van der Waals surface area contributed by atoms with Gasteiger partial charge in [-0.25, -0.2) is 4.98 Å². The zero-order valence-corrected chi connectivity index (χ0v) is 16.0. The summed E-state index contributed by atoms with van der Waals surface area (Å²) in [7, 11) is 2.82. The average molecular weight is 415 g/mol. The van der Waals surface area contributed by atoms with Crippen LogP contribution in [0.5, 0.6) is 0 Å². The van der Waals surface area contributed by atoms with E-state index in [2.05, 4.69) is 20.4 Å². The highest BCUT2D eigenvalue weighted by molar-refractivity contribution is 6.04. The number of anilines is 1. The fourth-order valence-corrected chi connectivity index (χ4v) is 2.63. The Kier molecular flexibility index (Phi) is 5.76. The normalized spacial score (nSPS) is 10.6. The topological polar surface area (TPSA) is 159 Å². The highest BCUT2D eigenvalue weighted by atomic mass is 16.6. The molecule has 3 aromatic rings. The number of non-ortho nitro benzene ring substituents is 1. The van der Waals surface area contributed by atoms with E-state index in [-0.39, 0.29) is 36.1 Å². The van der Waals surface area contributed by atoms with Gasteiger partial charge in [-0.15, -0.1) is 0 Å². The third-order valence-corrected chi connectivity index (χ3v) is 4.10. The molecule has 2 N–H and O–H groups in total. The summed E-state index contributed by atoms with van der Waals surface area (Å²) in [6.45, 7) is 0.0746. The number of nitrogens with one attached hydrogen (secondary N) is 2. The number of furan rings is 1. The third-order valence-electron chi connectivity index (χ3n) is 4.10. The fourth-order valence-electron chi connectivity index (χ4n) is 2.63. The van der Waals surface area contributed by atoms with Crippen LogP contribution in [0.25, 0.3) is 11.0 Å². The molecule has 3 rings (SSSR count). The smallest absolute Gasteiger partial charge is 0.307 e. The summed E-state index contributed by atoms with van der Waals surface area (Å²) in [4.78, 5) is 50.1. The van der Waals surface area contributed by atoms with Gasteiger partial charge in [-0.1, -0.05) is 0 Å². The molecule has 0 bridgehead atoms. The molecule has 2 amide bonds. The van der Waals surface area contributed by atoms with Crippen molar-refractivity contribution in [2.75, 3.05) is 19.0 Å². The van der Waals surface area contributed by atoms with E-state index in [0.29, 0.717) is 11.0 Å². The van der Waals surface area contributed by atoms with E-state index in [0.717, 1.165) is 0 Å². The number of hydrogen-bond acceptors (Lipinski definition) is 8. The molecule has 0 aliphatic carbocycles. The van der Waals surface area contributed by atoms with E-state index < -0.39 is 22.7 Å². The van der Waals surface area contributed by atoms with Crippen molar-refractivity contribution >= 4 is 40.3 Å². The molecule has 0 atom stereocenters. The van der Waals surface area contributed by atoms with Crippen molar-refractivity contribution in [3.63, 3.8) is 0 Å². The van der Waals surface area contributed by atoms with Gasteiger partial charge in [0.05, 0.1) is 18.5 Å². The van der Waals surface area contributed by atoms with Crippen molar-refractivity contribution in [1.82, 2.24) is 14.9 Å². The summed E-state index contributed by atoms with van der Waals surface area (Å²) in [6, 6.07) is 5.35. The maximum absolute atomic E-state index is 12.4. The number of benzene rings is 1. The zero-order valence-electron chi connectivity index (χ0n) is 16.0. The molecule has 1 aromatic carbocycles. The van der Waals surface area contributed by atoms with Gasteiger partial charge in [0.2, 0.25) is 5.82 Å². The van der Waals surface area contributed by atoms with Crippen molar-refractivity contribution in [3.8, 4) is 0 Å². The number of nitro groups is 1. The predicted octanol–water partition coefficient (Wildman–Crippen LogP) is 1.62. The van der Waals surface area contributed by atoms with Crippen molar-refractivity contribution in [2.45, 2.75) is 6.42 Å². The number of aromatic nitrogens is 2. The summed E-state index contributed by atoms with van der Waals surface area (Å²) < 4.78 is 11.3. The van der Waals surface area contributed by atoms with Gasteiger partial charge in [0.1, 0.15) is 5.58 Å². The van der Waals surface area contributed by atoms with Gasteiger partial charge in [0.15, 0.2) is 11.6 Å². The predicted molar refractivity (Wildman–Crippen MR) is 103 cm³/mol. The second kappa shape index (κ2) is 8.43. The Hall–Kier alpha value is -4.22. The van der Waals surface area contributed by atoms with E-state index in [4.69, 9.17) is 4.42 Å². The minimum atomic E-state index is -0.635. The number of carbonyl (C=O) groups excluding carboxylic acids is 3. The Bertz CT molecular complexity index is 1150. The molecule has 0 fully saturated rings. The molecular weight excluding hydrogens is 398 g/mol. The first-order valence-electron chi connectivity index (χ1n) is 8.66. The highest BCUT2D eigenvalue weighted by Crippen LogP contribution is 2.24. The molecular formula is C18H17N5O7. The molecule has 0 unspecified atom stereocenters. The standard InChI is InChI=1S/C18H17N5O7/c1-22-9-14(20-16(22)18(26)19-6-5-15(24)29-2)21-17(25)13-8-10-7-11(23(27)28)3-4-12(10)30-13/h3-4,7-9H,5-6H2,1-2H3,(H,19,26)(H,21,25). The van der Waals surface area contributed by atoms with Crippen molar-refractivity contribution < 1.29 is 28.5 Å². The van der Waals surface area contributed by atoms with E-state index >= 15 is 0 Å². The first-order valence-corrected chi connectivity index (χ1v) is 8.66. The highest BCUT2D eigenvalue weighted by Gasteiger charge is 2.19. The lowest BCUT2D eigenvalue weighted by molar-refractivity contribution is -0.384. The van der Waals surface area contributed by atoms with E-state index in [1.165, 1.54) is 42.1 Å². The lowest BCUT2D eigenvalue weighted by Crippen LogP contribution is -2.28. The van der Waals surface area contributed by atoms with Gasteiger partial charge in [0.25, 0.3) is 17.5 Å². The van der Waals surface area contributed by atoms with Crippen LogP contribution in [0.1, 0.15) is 27.6 Å². The Morgan fingerprint density at radius 3 is 2.73 bits per heavy atom. The average Bonchev–Trinajstić information content (AvgIpc) is 3.30. The molecule has 156 valence electrons. The number of aryl methyl sites for hydroxylation is 1. The first-order chi connectivity index (χ1) is 14.3. The van der Waals surface area contributed by atoms with E-state index in [1.54, 1.807) is 7.05 Å². The van der Waals surface area contributed by atoms with Gasteiger partial charge >= 0.3 is 5.97 Å². The van der Waals surface area contributed by atoms with E-state index in [9.17, 15) is 24.5 Å². The van der Waals surface area contributed by atoms with Gasteiger partial charge in [-0.2, -0.15) is 0 Å². The fraction of sp³-hybridized carbons (Fsp3) is 0.222. The minimum Gasteiger partial charge on any atom is -0.469 e. The van der Waals surface area contributed by atoms with Gasteiger partial charge in [-0.3, -0.25) is 24.5 Å². The maximum atomic E-state index is 12.4. The first kappa shape index (κ1) is 20.5. The van der Waals surface area contributed by atoms with Crippen LogP contribution >= 0.6 is 0 Å². The third kappa shape index (κ3) is 4.43. The Morgan fingerprint density at radius 2 is 2.03 bits per heavy atom. The summed E-state index contributed by atoms with van der Waals surface area (Å²) in [6.07, 6.45) is 1.45. The molecule has 2 aromatic heterocycles. The number of imidazole rings is 1. The number of nitrogens with zero attached hydrogens (tertiary/aromatic N) is 3. The lowest BCUT2D eigenvalue weighted by Gasteiger charge is -2.03. The number of esters is 1. The van der Waals surface area contributed by atoms with Gasteiger partial charge in [0, 0.05) is 37.3 Å². The maximum Gasteiger partial charge on any atom is 0.307 e. The molecule has 0 aliphatic rings. The summed E-state index contributed by atoms with van der Waals surface area (Å²) in [5.74, 6) is -1.57. The van der Waals surface area contributed by atoms with Crippen LogP contribution in [0.15, 0.2) is 34.9 Å².